The summed E-state index contributed by atoms with van der Waals surface area (Å²) in [7, 11) is 0. The molecule has 0 aromatic carbocycles. The molecule has 0 amide bonds. The van der Waals surface area contributed by atoms with Crippen molar-refractivity contribution in [3.05, 3.63) is 30.1 Å². The van der Waals surface area contributed by atoms with E-state index in [4.69, 9.17) is 0 Å². The van der Waals surface area contributed by atoms with Crippen LogP contribution in [0, 0.1) is 5.92 Å². The first-order chi connectivity index (χ1) is 6.45. The molecular formula is C11H16N2. The molecule has 2 nitrogen and oxygen atoms in total. The van der Waals surface area contributed by atoms with Gasteiger partial charge in [-0.25, -0.2) is 0 Å². The molecule has 1 heterocycles. The predicted molar refractivity (Wildman–Crippen MR) is 53.3 cm³/mol. The van der Waals surface area contributed by atoms with Crippen LogP contribution < -0.4 is 5.32 Å². The molecule has 1 aromatic heterocycles. The summed E-state index contributed by atoms with van der Waals surface area (Å²) in [4.78, 5) is 3.98. The molecule has 1 aliphatic rings. The Morgan fingerprint density at radius 2 is 2.08 bits per heavy atom. The van der Waals surface area contributed by atoms with Gasteiger partial charge in [0.1, 0.15) is 0 Å². The standard InChI is InChI=1S/C11H16N2/c1-2-10(1)3-8-13-9-11-4-6-12-7-5-11/h4-7,10,13H,1-3,8-9H2. The highest BCUT2D eigenvalue weighted by Gasteiger charge is 2.19. The number of aromatic nitrogens is 1. The van der Waals surface area contributed by atoms with Crippen molar-refractivity contribution in [2.45, 2.75) is 25.8 Å². The smallest absolute Gasteiger partial charge is 0.0271 e. The van der Waals surface area contributed by atoms with Gasteiger partial charge in [0.25, 0.3) is 0 Å². The molecule has 70 valence electrons. The van der Waals surface area contributed by atoms with E-state index in [1.807, 2.05) is 12.4 Å². The SMILES string of the molecule is c1cc(CNCCC2CC2)ccn1. The van der Waals surface area contributed by atoms with Gasteiger partial charge in [0, 0.05) is 18.9 Å². The first kappa shape index (κ1) is 8.70. The minimum absolute atomic E-state index is 0.981. The Morgan fingerprint density at radius 1 is 1.31 bits per heavy atom. The van der Waals surface area contributed by atoms with E-state index in [2.05, 4.69) is 22.4 Å². The molecule has 0 radical (unpaired) electrons. The lowest BCUT2D eigenvalue weighted by Gasteiger charge is -2.03. The summed E-state index contributed by atoms with van der Waals surface area (Å²) >= 11 is 0. The largest absolute Gasteiger partial charge is 0.313 e. The van der Waals surface area contributed by atoms with Crippen LogP contribution in [0.1, 0.15) is 24.8 Å². The summed E-state index contributed by atoms with van der Waals surface area (Å²) in [5.41, 5.74) is 1.32. The molecule has 13 heavy (non-hydrogen) atoms. The molecule has 0 unspecified atom stereocenters. The second-order valence-corrected chi connectivity index (χ2v) is 3.76. The Morgan fingerprint density at radius 3 is 2.77 bits per heavy atom. The second-order valence-electron chi connectivity index (χ2n) is 3.76. The van der Waals surface area contributed by atoms with Crippen LogP contribution in [0.5, 0.6) is 0 Å². The van der Waals surface area contributed by atoms with E-state index in [0.29, 0.717) is 0 Å². The third-order valence-corrected chi connectivity index (χ3v) is 2.50. The van der Waals surface area contributed by atoms with Gasteiger partial charge in [0.2, 0.25) is 0 Å². The van der Waals surface area contributed by atoms with Crippen molar-refractivity contribution in [3.63, 3.8) is 0 Å². The summed E-state index contributed by atoms with van der Waals surface area (Å²) in [6, 6.07) is 4.12. The highest BCUT2D eigenvalue weighted by Crippen LogP contribution is 2.31. The zero-order valence-corrected chi connectivity index (χ0v) is 7.87. The average molecular weight is 176 g/mol. The fourth-order valence-corrected chi connectivity index (χ4v) is 1.45. The monoisotopic (exact) mass is 176 g/mol. The molecule has 1 aromatic rings. The number of hydrogen-bond acceptors (Lipinski definition) is 2. The lowest BCUT2D eigenvalue weighted by atomic mass is 10.2. The van der Waals surface area contributed by atoms with Crippen molar-refractivity contribution < 1.29 is 0 Å². The van der Waals surface area contributed by atoms with Crippen molar-refractivity contribution in [2.24, 2.45) is 5.92 Å². The van der Waals surface area contributed by atoms with Crippen molar-refractivity contribution in [1.29, 1.82) is 0 Å². The first-order valence-electron chi connectivity index (χ1n) is 5.05. The molecule has 0 bridgehead atoms. The number of hydrogen-bond donors (Lipinski definition) is 1. The Labute approximate surface area is 79.4 Å². The van der Waals surface area contributed by atoms with Crippen LogP contribution >= 0.6 is 0 Å². The van der Waals surface area contributed by atoms with Crippen molar-refractivity contribution >= 4 is 0 Å². The van der Waals surface area contributed by atoms with E-state index in [1.165, 1.54) is 24.8 Å². The van der Waals surface area contributed by atoms with Crippen LogP contribution in [0.3, 0.4) is 0 Å². The molecule has 1 N–H and O–H groups in total. The quantitative estimate of drug-likeness (QED) is 0.694. The summed E-state index contributed by atoms with van der Waals surface area (Å²) in [5.74, 6) is 1.03. The molecule has 1 saturated carbocycles. The van der Waals surface area contributed by atoms with Crippen molar-refractivity contribution in [1.82, 2.24) is 10.3 Å². The average Bonchev–Trinajstić information content (AvgIpc) is 2.98. The maximum atomic E-state index is 3.98. The van der Waals surface area contributed by atoms with E-state index in [1.54, 1.807) is 0 Å². The fraction of sp³-hybridized carbons (Fsp3) is 0.545. The maximum Gasteiger partial charge on any atom is 0.0271 e. The second kappa shape index (κ2) is 4.38. The van der Waals surface area contributed by atoms with Crippen LogP contribution in [-0.4, -0.2) is 11.5 Å². The van der Waals surface area contributed by atoms with Crippen LogP contribution in [0.4, 0.5) is 0 Å². The van der Waals surface area contributed by atoms with Gasteiger partial charge >= 0.3 is 0 Å². The zero-order chi connectivity index (χ0) is 8.93. The van der Waals surface area contributed by atoms with Crippen molar-refractivity contribution in [3.8, 4) is 0 Å². The van der Waals surface area contributed by atoms with E-state index >= 15 is 0 Å². The number of nitrogens with zero attached hydrogens (tertiary/aromatic N) is 1. The van der Waals surface area contributed by atoms with Crippen LogP contribution in [0.15, 0.2) is 24.5 Å². The van der Waals surface area contributed by atoms with E-state index in [0.717, 1.165) is 19.0 Å². The summed E-state index contributed by atoms with van der Waals surface area (Å²) in [6.07, 6.45) is 7.95. The molecule has 2 heteroatoms. The molecule has 0 atom stereocenters. The van der Waals surface area contributed by atoms with E-state index in [9.17, 15) is 0 Å². The van der Waals surface area contributed by atoms with Gasteiger partial charge in [-0.05, 0) is 36.6 Å². The minimum Gasteiger partial charge on any atom is -0.313 e. The van der Waals surface area contributed by atoms with Crippen LogP contribution in [-0.2, 0) is 6.54 Å². The highest BCUT2D eigenvalue weighted by atomic mass is 14.8. The van der Waals surface area contributed by atoms with Gasteiger partial charge < -0.3 is 5.32 Å². The third-order valence-electron chi connectivity index (χ3n) is 2.50. The summed E-state index contributed by atoms with van der Waals surface area (Å²) < 4.78 is 0. The molecule has 0 aliphatic heterocycles. The highest BCUT2D eigenvalue weighted by molar-refractivity contribution is 5.08. The molecule has 2 rings (SSSR count). The maximum absolute atomic E-state index is 3.98. The van der Waals surface area contributed by atoms with Crippen molar-refractivity contribution in [2.75, 3.05) is 6.54 Å². The Kier molecular flexibility index (Phi) is 2.93. The van der Waals surface area contributed by atoms with Crippen LogP contribution in [0.2, 0.25) is 0 Å². The molecule has 1 fully saturated rings. The number of pyridine rings is 1. The van der Waals surface area contributed by atoms with Gasteiger partial charge in [-0.3, -0.25) is 4.98 Å². The first-order valence-corrected chi connectivity index (χ1v) is 5.05. The Bertz CT molecular complexity index is 242. The van der Waals surface area contributed by atoms with E-state index in [-0.39, 0.29) is 0 Å². The number of nitrogens with one attached hydrogen (secondary N) is 1. The lowest BCUT2D eigenvalue weighted by Crippen LogP contribution is -2.14. The zero-order valence-electron chi connectivity index (χ0n) is 7.87. The normalized spacial score (nSPS) is 16.0. The van der Waals surface area contributed by atoms with Gasteiger partial charge in [-0.2, -0.15) is 0 Å². The fourth-order valence-electron chi connectivity index (χ4n) is 1.45. The Hall–Kier alpha value is -0.890. The topological polar surface area (TPSA) is 24.9 Å². The van der Waals surface area contributed by atoms with Gasteiger partial charge in [-0.1, -0.05) is 12.8 Å². The Balaban J connectivity index is 1.61. The minimum atomic E-state index is 0.981. The van der Waals surface area contributed by atoms with Gasteiger partial charge in [-0.15, -0.1) is 0 Å². The third kappa shape index (κ3) is 3.15. The summed E-state index contributed by atoms with van der Waals surface area (Å²) in [5, 5.41) is 3.45. The molecule has 0 saturated heterocycles. The predicted octanol–water partition coefficient (Wildman–Crippen LogP) is 1.97. The van der Waals surface area contributed by atoms with Gasteiger partial charge in [0.15, 0.2) is 0 Å². The molecule has 1 aliphatic carbocycles. The van der Waals surface area contributed by atoms with Crippen LogP contribution in [0.25, 0.3) is 0 Å². The van der Waals surface area contributed by atoms with Gasteiger partial charge in [0.05, 0.1) is 0 Å². The lowest BCUT2D eigenvalue weighted by molar-refractivity contribution is 0.612. The molecular weight excluding hydrogens is 160 g/mol. The number of rotatable bonds is 5. The van der Waals surface area contributed by atoms with E-state index < -0.39 is 0 Å². The molecule has 0 spiro atoms. The summed E-state index contributed by atoms with van der Waals surface area (Å²) in [6.45, 7) is 2.14.